The molecule has 5 nitrogen and oxygen atoms in total. The predicted octanol–water partition coefficient (Wildman–Crippen LogP) is 3.77. The minimum Gasteiger partial charge on any atom is -0.508 e. The van der Waals surface area contributed by atoms with Gasteiger partial charge in [-0.3, -0.25) is 0 Å². The van der Waals surface area contributed by atoms with E-state index in [1.165, 1.54) is 5.56 Å². The van der Waals surface area contributed by atoms with Crippen LogP contribution in [0.2, 0.25) is 0 Å². The maximum Gasteiger partial charge on any atom is 0.120 e. The number of nitrogens with one attached hydrogen (secondary N) is 1. The summed E-state index contributed by atoms with van der Waals surface area (Å²) in [6, 6.07) is 16.0. The second kappa shape index (κ2) is 7.27. The summed E-state index contributed by atoms with van der Waals surface area (Å²) in [5, 5.41) is 21.5. The molecule has 0 aliphatic carbocycles. The molecule has 24 heavy (non-hydrogen) atoms. The zero-order chi connectivity index (χ0) is 16.9. The molecular weight excluding hydrogens is 300 g/mol. The van der Waals surface area contributed by atoms with Gasteiger partial charge in [-0.05, 0) is 37.1 Å². The van der Waals surface area contributed by atoms with Crippen molar-refractivity contribution in [2.75, 3.05) is 0 Å². The highest BCUT2D eigenvalue weighted by Gasteiger charge is 2.16. The fraction of sp³-hybridized carbons (Fsp3) is 0.263. The fourth-order valence-corrected chi connectivity index (χ4v) is 2.87. The third-order valence-corrected chi connectivity index (χ3v) is 4.25. The Morgan fingerprint density at radius 1 is 1.12 bits per heavy atom. The molecule has 2 atom stereocenters. The molecule has 3 rings (SSSR count). The minimum atomic E-state index is 0.108. The molecule has 2 aromatic carbocycles. The SMILES string of the molecule is CC[C@H](N[C@@H](C)c1ccc(-n2ccnn2)cc1)c1ccccc1O. The Morgan fingerprint density at radius 2 is 1.88 bits per heavy atom. The van der Waals surface area contributed by atoms with Crippen molar-refractivity contribution >= 4 is 0 Å². The van der Waals surface area contributed by atoms with Crippen molar-refractivity contribution in [2.45, 2.75) is 32.4 Å². The molecule has 0 saturated carbocycles. The average molecular weight is 322 g/mol. The van der Waals surface area contributed by atoms with E-state index in [0.29, 0.717) is 5.75 Å². The van der Waals surface area contributed by atoms with Gasteiger partial charge in [0.15, 0.2) is 0 Å². The van der Waals surface area contributed by atoms with Crippen LogP contribution in [-0.2, 0) is 0 Å². The van der Waals surface area contributed by atoms with Crippen molar-refractivity contribution in [1.29, 1.82) is 0 Å². The second-order valence-electron chi connectivity index (χ2n) is 5.85. The number of aromatic hydroxyl groups is 1. The zero-order valence-corrected chi connectivity index (χ0v) is 13.9. The number of hydrogen-bond donors (Lipinski definition) is 2. The predicted molar refractivity (Wildman–Crippen MR) is 94.0 cm³/mol. The van der Waals surface area contributed by atoms with Crippen LogP contribution in [0.1, 0.15) is 43.5 Å². The van der Waals surface area contributed by atoms with Gasteiger partial charge in [-0.15, -0.1) is 5.10 Å². The van der Waals surface area contributed by atoms with E-state index in [1.54, 1.807) is 16.9 Å². The molecule has 1 heterocycles. The molecule has 0 unspecified atom stereocenters. The molecule has 0 bridgehead atoms. The standard InChI is InChI=1S/C19H22N4O/c1-3-18(17-6-4-5-7-19(17)24)21-14(2)15-8-10-16(11-9-15)23-13-12-20-22-23/h4-14,18,21,24H,3H2,1-2H3/t14-,18-/m0/s1. The first-order valence-electron chi connectivity index (χ1n) is 8.19. The van der Waals surface area contributed by atoms with E-state index in [9.17, 15) is 5.11 Å². The Morgan fingerprint density at radius 3 is 2.50 bits per heavy atom. The van der Waals surface area contributed by atoms with Gasteiger partial charge in [0.25, 0.3) is 0 Å². The molecule has 0 fully saturated rings. The summed E-state index contributed by atoms with van der Waals surface area (Å²) in [6.07, 6.45) is 4.39. The average Bonchev–Trinajstić information content (AvgIpc) is 3.15. The van der Waals surface area contributed by atoms with Crippen LogP contribution in [-0.4, -0.2) is 20.1 Å². The van der Waals surface area contributed by atoms with Crippen LogP contribution in [0.4, 0.5) is 0 Å². The number of nitrogens with zero attached hydrogens (tertiary/aromatic N) is 3. The van der Waals surface area contributed by atoms with Crippen LogP contribution in [0, 0.1) is 0 Å². The zero-order valence-electron chi connectivity index (χ0n) is 13.9. The molecule has 3 aromatic rings. The summed E-state index contributed by atoms with van der Waals surface area (Å²) in [4.78, 5) is 0. The van der Waals surface area contributed by atoms with Crippen molar-refractivity contribution in [3.8, 4) is 11.4 Å². The third kappa shape index (κ3) is 3.46. The number of phenols is 1. The first-order valence-corrected chi connectivity index (χ1v) is 8.19. The first-order chi connectivity index (χ1) is 11.7. The minimum absolute atomic E-state index is 0.108. The van der Waals surface area contributed by atoms with Gasteiger partial charge >= 0.3 is 0 Å². The topological polar surface area (TPSA) is 63.0 Å². The van der Waals surface area contributed by atoms with Crippen molar-refractivity contribution in [2.24, 2.45) is 0 Å². The smallest absolute Gasteiger partial charge is 0.120 e. The van der Waals surface area contributed by atoms with Crippen LogP contribution < -0.4 is 5.32 Å². The Labute approximate surface area is 142 Å². The van der Waals surface area contributed by atoms with Gasteiger partial charge in [-0.2, -0.15) is 0 Å². The lowest BCUT2D eigenvalue weighted by Crippen LogP contribution is -2.24. The Hall–Kier alpha value is -2.66. The van der Waals surface area contributed by atoms with Crippen LogP contribution in [0.3, 0.4) is 0 Å². The van der Waals surface area contributed by atoms with Gasteiger partial charge in [0.2, 0.25) is 0 Å². The summed E-state index contributed by atoms with van der Waals surface area (Å²) in [7, 11) is 0. The lowest BCUT2D eigenvalue weighted by Gasteiger charge is -2.24. The summed E-state index contributed by atoms with van der Waals surface area (Å²) >= 11 is 0. The molecule has 0 amide bonds. The molecular formula is C19H22N4O. The fourth-order valence-electron chi connectivity index (χ4n) is 2.87. The van der Waals surface area contributed by atoms with Gasteiger partial charge in [-0.25, -0.2) is 4.68 Å². The lowest BCUT2D eigenvalue weighted by molar-refractivity contribution is 0.419. The maximum absolute atomic E-state index is 10.1. The molecule has 1 aromatic heterocycles. The summed E-state index contributed by atoms with van der Waals surface area (Å²) < 4.78 is 1.73. The van der Waals surface area contributed by atoms with Gasteiger partial charge < -0.3 is 10.4 Å². The molecule has 5 heteroatoms. The summed E-state index contributed by atoms with van der Waals surface area (Å²) in [5.41, 5.74) is 3.11. The van der Waals surface area contributed by atoms with E-state index in [-0.39, 0.29) is 12.1 Å². The van der Waals surface area contributed by atoms with E-state index >= 15 is 0 Å². The Kier molecular flexibility index (Phi) is 4.91. The van der Waals surface area contributed by atoms with Crippen molar-refractivity contribution in [3.63, 3.8) is 0 Å². The maximum atomic E-state index is 10.1. The van der Waals surface area contributed by atoms with Crippen LogP contribution in [0.5, 0.6) is 5.75 Å². The number of phenolic OH excluding ortho intramolecular Hbond substituents is 1. The third-order valence-electron chi connectivity index (χ3n) is 4.25. The number of para-hydroxylation sites is 1. The van der Waals surface area contributed by atoms with Crippen molar-refractivity contribution < 1.29 is 5.11 Å². The molecule has 0 spiro atoms. The van der Waals surface area contributed by atoms with E-state index in [0.717, 1.165) is 17.7 Å². The molecule has 0 aliphatic rings. The van der Waals surface area contributed by atoms with Crippen LogP contribution >= 0.6 is 0 Å². The quantitative estimate of drug-likeness (QED) is 0.725. The largest absolute Gasteiger partial charge is 0.508 e. The number of rotatable bonds is 6. The second-order valence-corrected chi connectivity index (χ2v) is 5.85. The monoisotopic (exact) mass is 322 g/mol. The van der Waals surface area contributed by atoms with E-state index in [1.807, 2.05) is 36.5 Å². The molecule has 0 saturated heterocycles. The Bertz CT molecular complexity index is 768. The first kappa shape index (κ1) is 16.2. The highest BCUT2D eigenvalue weighted by atomic mass is 16.3. The van der Waals surface area contributed by atoms with Gasteiger partial charge in [-0.1, -0.05) is 42.5 Å². The van der Waals surface area contributed by atoms with Gasteiger partial charge in [0.1, 0.15) is 5.75 Å². The molecule has 0 radical (unpaired) electrons. The van der Waals surface area contributed by atoms with E-state index in [2.05, 4.69) is 41.6 Å². The summed E-state index contributed by atoms with van der Waals surface area (Å²) in [5.74, 6) is 0.339. The Balaban J connectivity index is 1.74. The number of hydrogen-bond acceptors (Lipinski definition) is 4. The molecule has 0 aliphatic heterocycles. The number of aromatic nitrogens is 3. The van der Waals surface area contributed by atoms with E-state index < -0.39 is 0 Å². The summed E-state index contributed by atoms with van der Waals surface area (Å²) in [6.45, 7) is 4.25. The molecule has 2 N–H and O–H groups in total. The highest BCUT2D eigenvalue weighted by Crippen LogP contribution is 2.28. The van der Waals surface area contributed by atoms with Crippen molar-refractivity contribution in [1.82, 2.24) is 20.3 Å². The highest BCUT2D eigenvalue weighted by molar-refractivity contribution is 5.36. The van der Waals surface area contributed by atoms with Gasteiger partial charge in [0, 0.05) is 17.6 Å². The van der Waals surface area contributed by atoms with Gasteiger partial charge in [0.05, 0.1) is 18.1 Å². The van der Waals surface area contributed by atoms with E-state index in [4.69, 9.17) is 0 Å². The molecule has 124 valence electrons. The lowest BCUT2D eigenvalue weighted by atomic mass is 10.0. The van der Waals surface area contributed by atoms with Crippen LogP contribution in [0.15, 0.2) is 60.9 Å². The van der Waals surface area contributed by atoms with Crippen LogP contribution in [0.25, 0.3) is 5.69 Å². The van der Waals surface area contributed by atoms with Crippen molar-refractivity contribution in [3.05, 3.63) is 72.1 Å². The number of benzene rings is 2. The normalized spacial score (nSPS) is 13.6.